The van der Waals surface area contributed by atoms with E-state index in [9.17, 15) is 15.3 Å². The second kappa shape index (κ2) is 4.47. The van der Waals surface area contributed by atoms with Crippen molar-refractivity contribution in [3.63, 3.8) is 0 Å². The molecule has 0 spiro atoms. The van der Waals surface area contributed by atoms with E-state index in [1.165, 1.54) is 11.1 Å². The molecule has 21 heavy (non-hydrogen) atoms. The highest BCUT2D eigenvalue weighted by Gasteiger charge is 2.57. The van der Waals surface area contributed by atoms with E-state index in [0.29, 0.717) is 24.0 Å². The smallest absolute Gasteiger partial charge is 0.115 e. The molecule has 1 aromatic carbocycles. The summed E-state index contributed by atoms with van der Waals surface area (Å²) in [6.07, 6.45) is 4.04. The Hall–Kier alpha value is -1.06. The van der Waals surface area contributed by atoms with Crippen LogP contribution in [0.15, 0.2) is 18.2 Å². The molecule has 3 heteroatoms. The van der Waals surface area contributed by atoms with E-state index >= 15 is 0 Å². The van der Waals surface area contributed by atoms with Gasteiger partial charge in [0.1, 0.15) is 5.75 Å². The molecule has 0 amide bonds. The first-order valence-corrected chi connectivity index (χ1v) is 8.18. The fraction of sp³-hybridized carbons (Fsp3) is 0.667. The molecule has 3 nitrogen and oxygen atoms in total. The van der Waals surface area contributed by atoms with Crippen LogP contribution in [0.25, 0.3) is 0 Å². The molecule has 1 aromatic rings. The van der Waals surface area contributed by atoms with E-state index in [-0.39, 0.29) is 23.5 Å². The molecule has 2 fully saturated rings. The van der Waals surface area contributed by atoms with Crippen molar-refractivity contribution in [2.75, 3.05) is 0 Å². The molecule has 2 saturated carbocycles. The fourth-order valence-electron chi connectivity index (χ4n) is 5.62. The topological polar surface area (TPSA) is 60.7 Å². The van der Waals surface area contributed by atoms with Crippen molar-refractivity contribution < 1.29 is 15.3 Å². The van der Waals surface area contributed by atoms with Crippen LogP contribution in [0.2, 0.25) is 0 Å². The molecule has 0 heterocycles. The van der Waals surface area contributed by atoms with Gasteiger partial charge < -0.3 is 15.3 Å². The van der Waals surface area contributed by atoms with Crippen molar-refractivity contribution in [1.82, 2.24) is 0 Å². The van der Waals surface area contributed by atoms with Crippen LogP contribution in [-0.4, -0.2) is 27.5 Å². The summed E-state index contributed by atoms with van der Waals surface area (Å²) in [7, 11) is 0. The molecule has 0 aliphatic heterocycles. The average molecular weight is 288 g/mol. The molecule has 0 unspecified atom stereocenters. The summed E-state index contributed by atoms with van der Waals surface area (Å²) >= 11 is 0. The molecule has 0 saturated heterocycles. The van der Waals surface area contributed by atoms with Gasteiger partial charge >= 0.3 is 0 Å². The largest absolute Gasteiger partial charge is 0.508 e. The molecule has 0 bridgehead atoms. The van der Waals surface area contributed by atoms with E-state index in [1.807, 2.05) is 12.1 Å². The molecule has 3 aliphatic rings. The number of aliphatic hydroxyl groups is 2. The van der Waals surface area contributed by atoms with Gasteiger partial charge in [-0.2, -0.15) is 0 Å². The van der Waals surface area contributed by atoms with E-state index in [2.05, 4.69) is 6.92 Å². The lowest BCUT2D eigenvalue weighted by atomic mass is 9.54. The monoisotopic (exact) mass is 288 g/mol. The van der Waals surface area contributed by atoms with Crippen LogP contribution < -0.4 is 0 Å². The summed E-state index contributed by atoms with van der Waals surface area (Å²) < 4.78 is 0. The summed E-state index contributed by atoms with van der Waals surface area (Å²) in [5.74, 6) is 1.48. The summed E-state index contributed by atoms with van der Waals surface area (Å²) in [6, 6.07) is 5.60. The van der Waals surface area contributed by atoms with Gasteiger partial charge in [0, 0.05) is 5.92 Å². The number of hydrogen-bond donors (Lipinski definition) is 3. The third kappa shape index (κ3) is 1.80. The number of aromatic hydroxyl groups is 1. The molecule has 6 atom stereocenters. The van der Waals surface area contributed by atoms with Gasteiger partial charge in [-0.25, -0.2) is 0 Å². The van der Waals surface area contributed by atoms with Crippen LogP contribution in [0.1, 0.15) is 49.7 Å². The zero-order chi connectivity index (χ0) is 14.8. The second-order valence-corrected chi connectivity index (χ2v) is 7.59. The number of hydrogen-bond acceptors (Lipinski definition) is 3. The molecular formula is C18H24O3. The van der Waals surface area contributed by atoms with Gasteiger partial charge in [0.2, 0.25) is 0 Å². The van der Waals surface area contributed by atoms with Gasteiger partial charge in [-0.1, -0.05) is 13.0 Å². The first-order chi connectivity index (χ1) is 10.0. The van der Waals surface area contributed by atoms with Crippen molar-refractivity contribution in [2.24, 2.45) is 17.3 Å². The zero-order valence-electron chi connectivity index (χ0n) is 12.5. The molecule has 3 aliphatic carbocycles. The summed E-state index contributed by atoms with van der Waals surface area (Å²) in [5.41, 5.74) is 2.30. The number of aryl methyl sites for hydroxylation is 1. The Morgan fingerprint density at radius 2 is 1.95 bits per heavy atom. The quantitative estimate of drug-likeness (QED) is 0.687. The predicted octanol–water partition coefficient (Wildman–Crippen LogP) is 2.58. The Bertz CT molecular complexity index is 570. The lowest BCUT2D eigenvalue weighted by Crippen LogP contribution is -2.50. The number of phenolic OH excluding ortho intramolecular Hbond substituents is 1. The van der Waals surface area contributed by atoms with Crippen molar-refractivity contribution in [3.8, 4) is 5.75 Å². The second-order valence-electron chi connectivity index (χ2n) is 7.59. The Kier molecular flexibility index (Phi) is 2.89. The van der Waals surface area contributed by atoms with Gasteiger partial charge in [0.25, 0.3) is 0 Å². The number of phenols is 1. The van der Waals surface area contributed by atoms with Crippen LogP contribution in [0.5, 0.6) is 5.75 Å². The Labute approximate surface area is 125 Å². The standard InChI is InChI=1S/C18H24O3/c1-18-9-15(20)17-12-5-3-11(19)8-10(12)2-4-13(17)14(18)6-7-16(18)21/h3,5,8,13-17,19-21H,2,4,6-7,9H2,1H3/t13-,14-,15+,16-,17+,18-/m0/s1. The van der Waals surface area contributed by atoms with E-state index < -0.39 is 0 Å². The zero-order valence-corrected chi connectivity index (χ0v) is 12.5. The lowest BCUT2D eigenvalue weighted by molar-refractivity contribution is -0.0798. The highest BCUT2D eigenvalue weighted by atomic mass is 16.3. The number of aliphatic hydroxyl groups excluding tert-OH is 2. The van der Waals surface area contributed by atoms with Gasteiger partial charge in [-0.3, -0.25) is 0 Å². The van der Waals surface area contributed by atoms with Crippen molar-refractivity contribution >= 4 is 0 Å². The average Bonchev–Trinajstić information content (AvgIpc) is 2.74. The molecular weight excluding hydrogens is 264 g/mol. The maximum atomic E-state index is 10.8. The molecule has 0 aromatic heterocycles. The predicted molar refractivity (Wildman–Crippen MR) is 80.1 cm³/mol. The maximum absolute atomic E-state index is 10.8. The highest BCUT2D eigenvalue weighted by Crippen LogP contribution is 2.60. The summed E-state index contributed by atoms with van der Waals surface area (Å²) in [6.45, 7) is 2.17. The molecule has 114 valence electrons. The number of fused-ring (bicyclic) bond motifs is 5. The van der Waals surface area contributed by atoms with Crippen LogP contribution in [-0.2, 0) is 6.42 Å². The van der Waals surface area contributed by atoms with Crippen LogP contribution in [0.3, 0.4) is 0 Å². The van der Waals surface area contributed by atoms with E-state index in [1.54, 1.807) is 6.07 Å². The Morgan fingerprint density at radius 1 is 1.14 bits per heavy atom. The van der Waals surface area contributed by atoms with Crippen LogP contribution in [0.4, 0.5) is 0 Å². The van der Waals surface area contributed by atoms with Gasteiger partial charge in [-0.15, -0.1) is 0 Å². The van der Waals surface area contributed by atoms with Gasteiger partial charge in [-0.05, 0) is 72.6 Å². The summed E-state index contributed by atoms with van der Waals surface area (Å²) in [5, 5.41) is 30.8. The highest BCUT2D eigenvalue weighted by molar-refractivity contribution is 5.40. The summed E-state index contributed by atoms with van der Waals surface area (Å²) in [4.78, 5) is 0. The van der Waals surface area contributed by atoms with Crippen LogP contribution in [0, 0.1) is 17.3 Å². The molecule has 0 radical (unpaired) electrons. The Morgan fingerprint density at radius 3 is 2.76 bits per heavy atom. The Balaban J connectivity index is 1.76. The number of benzene rings is 1. The fourth-order valence-corrected chi connectivity index (χ4v) is 5.62. The first-order valence-electron chi connectivity index (χ1n) is 8.18. The van der Waals surface area contributed by atoms with Crippen LogP contribution >= 0.6 is 0 Å². The first kappa shape index (κ1) is 13.6. The van der Waals surface area contributed by atoms with E-state index in [4.69, 9.17) is 0 Å². The molecule has 4 rings (SSSR count). The lowest BCUT2D eigenvalue weighted by Gasteiger charge is -2.52. The van der Waals surface area contributed by atoms with Gasteiger partial charge in [0.15, 0.2) is 0 Å². The van der Waals surface area contributed by atoms with Crippen molar-refractivity contribution in [1.29, 1.82) is 0 Å². The third-order valence-corrected chi connectivity index (χ3v) is 6.63. The number of rotatable bonds is 0. The third-order valence-electron chi connectivity index (χ3n) is 6.63. The van der Waals surface area contributed by atoms with Crippen molar-refractivity contribution in [2.45, 2.75) is 57.2 Å². The van der Waals surface area contributed by atoms with Gasteiger partial charge in [0.05, 0.1) is 12.2 Å². The maximum Gasteiger partial charge on any atom is 0.115 e. The minimum atomic E-state index is -0.382. The van der Waals surface area contributed by atoms with E-state index in [0.717, 1.165) is 25.7 Å². The van der Waals surface area contributed by atoms with Crippen molar-refractivity contribution in [3.05, 3.63) is 29.3 Å². The molecule has 3 N–H and O–H groups in total. The minimum absolute atomic E-state index is 0.116. The SMILES string of the molecule is C[C@]12C[C@@H](O)[C@@H]3c4ccc(O)cc4CC[C@H]3[C@@H]1CC[C@@H]2O. The minimum Gasteiger partial charge on any atom is -0.508 e. The normalized spacial score (nSPS) is 44.8.